The topological polar surface area (TPSA) is 181 Å². The van der Waals surface area contributed by atoms with Gasteiger partial charge in [0.2, 0.25) is 12.4 Å². The summed E-state index contributed by atoms with van der Waals surface area (Å²) in [6, 6.07) is 4.26. The average Bonchev–Trinajstić information content (AvgIpc) is 2.67. The molecule has 5 atom stereocenters. The highest BCUT2D eigenvalue weighted by molar-refractivity contribution is 5.74. The van der Waals surface area contributed by atoms with Crippen molar-refractivity contribution >= 4 is 31.1 Å². The number of carbonyl (C=O) groups excluding carboxylic acids is 3. The van der Waals surface area contributed by atoms with Crippen LogP contribution in [0.2, 0.25) is 0 Å². The van der Waals surface area contributed by atoms with Gasteiger partial charge in [0.15, 0.2) is 18.3 Å². The standard InChI is InChI=1S/C16H17NO11/c17-9-3-8(4-18)1-2-10(9)27-16-14(26-7-21)12(25-6-20)11(24-5-19)13(28-16)15(22)23/h1-3,5-7,11-14,16,18H,4,17H2,(H,22,23)/t11-,12-,13-,14+,16+/m0/s1. The van der Waals surface area contributed by atoms with Crippen LogP contribution in [0.1, 0.15) is 5.56 Å². The fourth-order valence-corrected chi connectivity index (χ4v) is 2.67. The van der Waals surface area contributed by atoms with E-state index in [1.54, 1.807) is 0 Å². The van der Waals surface area contributed by atoms with Gasteiger partial charge in [-0.2, -0.15) is 0 Å². The van der Waals surface area contributed by atoms with Crippen LogP contribution in [0.4, 0.5) is 5.69 Å². The van der Waals surface area contributed by atoms with E-state index < -0.39 is 36.7 Å². The zero-order chi connectivity index (χ0) is 20.7. The maximum atomic E-state index is 11.5. The number of aliphatic hydroxyl groups excluding tert-OH is 1. The monoisotopic (exact) mass is 399 g/mol. The second-order valence-electron chi connectivity index (χ2n) is 5.50. The number of rotatable bonds is 10. The second-order valence-corrected chi connectivity index (χ2v) is 5.50. The molecule has 2 rings (SSSR count). The molecule has 0 amide bonds. The molecule has 0 spiro atoms. The number of aliphatic hydroxyl groups is 1. The number of carboxylic acid groups (broad SMARTS) is 1. The molecule has 1 aromatic rings. The number of aliphatic carboxylic acids is 1. The fraction of sp³-hybridized carbons (Fsp3) is 0.375. The van der Waals surface area contributed by atoms with Crippen LogP contribution in [0.5, 0.6) is 5.75 Å². The normalized spacial score (nSPS) is 26.5. The van der Waals surface area contributed by atoms with Gasteiger partial charge in [-0.3, -0.25) is 14.4 Å². The Kier molecular flexibility index (Phi) is 7.12. The van der Waals surface area contributed by atoms with Gasteiger partial charge < -0.3 is 39.6 Å². The first-order chi connectivity index (χ1) is 13.5. The molecule has 1 heterocycles. The van der Waals surface area contributed by atoms with E-state index in [-0.39, 0.29) is 37.5 Å². The lowest BCUT2D eigenvalue weighted by molar-refractivity contribution is -0.276. The Balaban J connectivity index is 2.39. The lowest BCUT2D eigenvalue weighted by Gasteiger charge is -2.41. The minimum atomic E-state index is -1.80. The predicted octanol–water partition coefficient (Wildman–Crippen LogP) is -1.43. The molecule has 1 aliphatic rings. The first-order valence-corrected chi connectivity index (χ1v) is 7.78. The molecule has 4 N–H and O–H groups in total. The molecule has 12 heteroatoms. The Hall–Kier alpha value is -3.38. The quantitative estimate of drug-likeness (QED) is 0.237. The van der Waals surface area contributed by atoms with Gasteiger partial charge in [-0.15, -0.1) is 0 Å². The van der Waals surface area contributed by atoms with Gasteiger partial charge in [0.05, 0.1) is 12.3 Å². The SMILES string of the molecule is Nc1cc(CO)ccc1O[C@@H]1O[C@H](C(=O)O)[C@@H](OC=O)[C@H](OC=O)[C@H]1OC=O. The molecular formula is C16H17NO11. The maximum absolute atomic E-state index is 11.5. The Morgan fingerprint density at radius 1 is 1.07 bits per heavy atom. The summed E-state index contributed by atoms with van der Waals surface area (Å²) in [4.78, 5) is 44.0. The Bertz CT molecular complexity index is 725. The van der Waals surface area contributed by atoms with E-state index in [2.05, 4.69) is 4.74 Å². The van der Waals surface area contributed by atoms with Crippen molar-refractivity contribution in [2.45, 2.75) is 37.3 Å². The number of hydrogen-bond acceptors (Lipinski definition) is 11. The average molecular weight is 399 g/mol. The van der Waals surface area contributed by atoms with Gasteiger partial charge in [0.1, 0.15) is 5.75 Å². The van der Waals surface area contributed by atoms with Crippen molar-refractivity contribution in [2.24, 2.45) is 0 Å². The highest BCUT2D eigenvalue weighted by Gasteiger charge is 2.54. The zero-order valence-corrected chi connectivity index (χ0v) is 14.2. The van der Waals surface area contributed by atoms with Gasteiger partial charge >= 0.3 is 5.97 Å². The fourth-order valence-electron chi connectivity index (χ4n) is 2.67. The molecular weight excluding hydrogens is 382 g/mol. The molecule has 12 nitrogen and oxygen atoms in total. The largest absolute Gasteiger partial charge is 0.479 e. The Morgan fingerprint density at radius 3 is 2.21 bits per heavy atom. The lowest BCUT2D eigenvalue weighted by atomic mass is 9.98. The van der Waals surface area contributed by atoms with Crippen LogP contribution < -0.4 is 10.5 Å². The van der Waals surface area contributed by atoms with Crippen LogP contribution in [0.15, 0.2) is 18.2 Å². The van der Waals surface area contributed by atoms with Crippen LogP contribution in [-0.2, 0) is 44.7 Å². The third-order valence-corrected chi connectivity index (χ3v) is 3.88. The predicted molar refractivity (Wildman–Crippen MR) is 86.5 cm³/mol. The van der Waals surface area contributed by atoms with Gasteiger partial charge in [0, 0.05) is 0 Å². The Morgan fingerprint density at radius 2 is 1.68 bits per heavy atom. The summed E-state index contributed by atoms with van der Waals surface area (Å²) in [7, 11) is 0. The van der Waals surface area contributed by atoms with Crippen LogP contribution in [0.25, 0.3) is 0 Å². The number of carboxylic acids is 1. The summed E-state index contributed by atoms with van der Waals surface area (Å²) >= 11 is 0. The second kappa shape index (κ2) is 9.53. The highest BCUT2D eigenvalue weighted by atomic mass is 16.7. The zero-order valence-electron chi connectivity index (χ0n) is 14.2. The highest BCUT2D eigenvalue weighted by Crippen LogP contribution is 2.31. The van der Waals surface area contributed by atoms with E-state index >= 15 is 0 Å². The van der Waals surface area contributed by atoms with Crippen molar-refractivity contribution in [3.05, 3.63) is 23.8 Å². The van der Waals surface area contributed by atoms with E-state index in [1.807, 2.05) is 0 Å². The third-order valence-electron chi connectivity index (χ3n) is 3.88. The molecule has 152 valence electrons. The minimum Gasteiger partial charge on any atom is -0.479 e. The summed E-state index contributed by atoms with van der Waals surface area (Å²) < 4.78 is 25.1. The van der Waals surface area contributed by atoms with E-state index in [0.717, 1.165) is 0 Å². The van der Waals surface area contributed by atoms with Crippen LogP contribution in [0, 0.1) is 0 Å². The molecule has 0 aromatic heterocycles. The van der Waals surface area contributed by atoms with E-state index in [0.29, 0.717) is 5.56 Å². The number of anilines is 1. The molecule has 0 radical (unpaired) electrons. The van der Waals surface area contributed by atoms with Crippen LogP contribution in [-0.4, -0.2) is 66.3 Å². The van der Waals surface area contributed by atoms with E-state index in [9.17, 15) is 24.3 Å². The first-order valence-electron chi connectivity index (χ1n) is 7.78. The van der Waals surface area contributed by atoms with Gasteiger partial charge in [-0.1, -0.05) is 6.07 Å². The molecule has 1 saturated heterocycles. The number of nitrogens with two attached hydrogens (primary N) is 1. The van der Waals surface area contributed by atoms with Crippen LogP contribution in [0.3, 0.4) is 0 Å². The first kappa shape index (κ1) is 20.9. The number of benzene rings is 1. The summed E-state index contributed by atoms with van der Waals surface area (Å²) in [5.74, 6) is -1.53. The minimum absolute atomic E-state index is 0.00281. The summed E-state index contributed by atoms with van der Waals surface area (Å²) in [5, 5.41) is 18.5. The van der Waals surface area contributed by atoms with Crippen molar-refractivity contribution in [2.75, 3.05) is 5.73 Å². The van der Waals surface area contributed by atoms with Crippen molar-refractivity contribution in [1.29, 1.82) is 0 Å². The van der Waals surface area contributed by atoms with Crippen molar-refractivity contribution in [1.82, 2.24) is 0 Å². The summed E-state index contributed by atoms with van der Waals surface area (Å²) in [5.41, 5.74) is 6.38. The number of carbonyl (C=O) groups is 4. The van der Waals surface area contributed by atoms with Crippen molar-refractivity contribution < 1.29 is 53.1 Å². The number of nitrogen functional groups attached to an aromatic ring is 1. The molecule has 0 aliphatic carbocycles. The lowest BCUT2D eigenvalue weighted by Crippen LogP contribution is -2.63. The van der Waals surface area contributed by atoms with Gasteiger partial charge in [0.25, 0.3) is 19.4 Å². The molecule has 1 aromatic carbocycles. The van der Waals surface area contributed by atoms with Crippen molar-refractivity contribution in [3.63, 3.8) is 0 Å². The van der Waals surface area contributed by atoms with Gasteiger partial charge in [-0.05, 0) is 17.7 Å². The third kappa shape index (κ3) is 4.47. The molecule has 1 aliphatic heterocycles. The van der Waals surface area contributed by atoms with E-state index in [1.165, 1.54) is 18.2 Å². The molecule has 1 fully saturated rings. The molecule has 0 saturated carbocycles. The maximum Gasteiger partial charge on any atom is 0.337 e. The molecule has 0 unspecified atom stereocenters. The summed E-state index contributed by atoms with van der Waals surface area (Å²) in [6.45, 7) is -0.361. The van der Waals surface area contributed by atoms with E-state index in [4.69, 9.17) is 29.8 Å². The van der Waals surface area contributed by atoms with Crippen LogP contribution >= 0.6 is 0 Å². The Labute approximate surface area is 157 Å². The molecule has 28 heavy (non-hydrogen) atoms. The van der Waals surface area contributed by atoms with Gasteiger partial charge in [-0.25, -0.2) is 4.79 Å². The summed E-state index contributed by atoms with van der Waals surface area (Å²) in [6.07, 6.45) is -8.01. The smallest absolute Gasteiger partial charge is 0.337 e. The molecule has 0 bridgehead atoms. The number of ether oxygens (including phenoxy) is 5. The van der Waals surface area contributed by atoms with Crippen molar-refractivity contribution in [3.8, 4) is 5.75 Å². The number of hydrogen-bond donors (Lipinski definition) is 3.